The second-order valence-corrected chi connectivity index (χ2v) is 10.7. The quantitative estimate of drug-likeness (QED) is 0.338. The summed E-state index contributed by atoms with van der Waals surface area (Å²) in [7, 11) is 0. The molecule has 1 aliphatic heterocycles. The number of hydrogen-bond acceptors (Lipinski definition) is 8. The summed E-state index contributed by atoms with van der Waals surface area (Å²) in [6.07, 6.45) is 10.4. The molecular weight excluding hydrogens is 488 g/mol. The number of aryl methyl sites for hydroxylation is 1. The number of nitrogens with one attached hydrogen (secondary N) is 1. The van der Waals surface area contributed by atoms with E-state index >= 15 is 0 Å². The van der Waals surface area contributed by atoms with Crippen LogP contribution < -0.4 is 11.1 Å². The number of hydrogen-bond donors (Lipinski definition) is 3. The zero-order chi connectivity index (χ0) is 25.9. The van der Waals surface area contributed by atoms with E-state index in [1.54, 1.807) is 24.0 Å². The summed E-state index contributed by atoms with van der Waals surface area (Å²) in [4.78, 5) is 18.9. The van der Waals surface area contributed by atoms with E-state index in [2.05, 4.69) is 27.0 Å². The number of rotatable bonds is 4. The highest BCUT2D eigenvalue weighted by atomic mass is 35.5. The molecule has 9 nitrogen and oxygen atoms in total. The van der Waals surface area contributed by atoms with Crippen LogP contribution in [0.2, 0.25) is 5.02 Å². The number of benzene rings is 1. The largest absolute Gasteiger partial charge is 0.506 e. The molecular formula is C27H29ClN8O. The summed E-state index contributed by atoms with van der Waals surface area (Å²) >= 11 is 6.60. The Balaban J connectivity index is 1.45. The van der Waals surface area contributed by atoms with Crippen molar-refractivity contribution in [2.24, 2.45) is 5.92 Å². The molecule has 190 valence electrons. The van der Waals surface area contributed by atoms with Crippen molar-refractivity contribution < 1.29 is 5.11 Å². The summed E-state index contributed by atoms with van der Waals surface area (Å²) in [5.41, 5.74) is 10.6. The molecule has 4 aromatic rings. The molecule has 4 heterocycles. The van der Waals surface area contributed by atoms with Crippen molar-refractivity contribution >= 4 is 28.9 Å². The van der Waals surface area contributed by atoms with Gasteiger partial charge in [0.15, 0.2) is 11.5 Å². The van der Waals surface area contributed by atoms with Gasteiger partial charge in [0.1, 0.15) is 29.4 Å². The van der Waals surface area contributed by atoms with Crippen molar-refractivity contribution in [2.45, 2.75) is 57.8 Å². The van der Waals surface area contributed by atoms with Gasteiger partial charge in [0, 0.05) is 5.70 Å². The van der Waals surface area contributed by atoms with E-state index in [1.807, 2.05) is 19.1 Å². The van der Waals surface area contributed by atoms with E-state index in [1.165, 1.54) is 32.1 Å². The molecule has 1 atom stereocenters. The average Bonchev–Trinajstić information content (AvgIpc) is 3.46. The van der Waals surface area contributed by atoms with Gasteiger partial charge >= 0.3 is 0 Å². The van der Waals surface area contributed by atoms with Crippen molar-refractivity contribution in [2.75, 3.05) is 11.1 Å². The normalized spacial score (nSPS) is 19.8. The Bertz CT molecular complexity index is 1560. The van der Waals surface area contributed by atoms with Gasteiger partial charge < -0.3 is 16.2 Å². The lowest BCUT2D eigenvalue weighted by Crippen LogP contribution is -2.25. The molecule has 0 spiro atoms. The Morgan fingerprint density at radius 1 is 1.22 bits per heavy atom. The first-order valence-corrected chi connectivity index (χ1v) is 13.0. The van der Waals surface area contributed by atoms with Crippen LogP contribution in [-0.2, 0) is 11.8 Å². The number of phenols is 1. The van der Waals surface area contributed by atoms with E-state index in [9.17, 15) is 5.11 Å². The van der Waals surface area contributed by atoms with Crippen LogP contribution in [0.25, 0.3) is 17.2 Å². The lowest BCUT2D eigenvalue weighted by molar-refractivity contribution is 0.354. The second kappa shape index (κ2) is 8.69. The van der Waals surface area contributed by atoms with Crippen LogP contribution in [0.4, 0.5) is 11.6 Å². The number of aromatic nitrogens is 6. The summed E-state index contributed by atoms with van der Waals surface area (Å²) in [6, 6.07) is 3.70. The number of phenolic OH excluding ortho intramolecular Hbond substituents is 1. The van der Waals surface area contributed by atoms with Crippen LogP contribution in [0.1, 0.15) is 61.4 Å². The van der Waals surface area contributed by atoms with E-state index in [0.717, 1.165) is 17.8 Å². The van der Waals surface area contributed by atoms with Crippen molar-refractivity contribution in [3.8, 4) is 17.3 Å². The molecule has 6 rings (SSSR count). The van der Waals surface area contributed by atoms with Crippen LogP contribution in [0.5, 0.6) is 5.75 Å². The van der Waals surface area contributed by atoms with Crippen molar-refractivity contribution in [3.05, 3.63) is 64.3 Å². The molecule has 4 N–H and O–H groups in total. The van der Waals surface area contributed by atoms with Gasteiger partial charge in [0.25, 0.3) is 0 Å². The van der Waals surface area contributed by atoms with Crippen molar-refractivity contribution in [1.29, 1.82) is 0 Å². The lowest BCUT2D eigenvalue weighted by atomic mass is 9.76. The molecule has 0 radical (unpaired) electrons. The predicted octanol–water partition coefficient (Wildman–Crippen LogP) is 5.20. The number of aromatic hydroxyl groups is 1. The van der Waals surface area contributed by atoms with Gasteiger partial charge in [-0.15, -0.1) is 0 Å². The Labute approximate surface area is 219 Å². The predicted molar refractivity (Wildman–Crippen MR) is 144 cm³/mol. The van der Waals surface area contributed by atoms with Gasteiger partial charge in [-0.3, -0.25) is 0 Å². The summed E-state index contributed by atoms with van der Waals surface area (Å²) < 4.78 is 1.73. The number of halogens is 1. The zero-order valence-corrected chi connectivity index (χ0v) is 21.7. The summed E-state index contributed by atoms with van der Waals surface area (Å²) in [6.45, 7) is 7.99. The highest BCUT2D eigenvalue weighted by molar-refractivity contribution is 6.33. The number of fused-ring (bicyclic) bond motifs is 2. The molecule has 0 saturated heterocycles. The number of anilines is 2. The minimum atomic E-state index is -0.838. The van der Waals surface area contributed by atoms with Crippen molar-refractivity contribution in [3.63, 3.8) is 0 Å². The van der Waals surface area contributed by atoms with Crippen LogP contribution in [-0.4, -0.2) is 34.7 Å². The third-order valence-electron chi connectivity index (χ3n) is 7.93. The molecule has 0 amide bonds. The fourth-order valence-corrected chi connectivity index (χ4v) is 6.14. The zero-order valence-electron chi connectivity index (χ0n) is 20.9. The Kier molecular flexibility index (Phi) is 5.56. The van der Waals surface area contributed by atoms with Crippen LogP contribution in [0.15, 0.2) is 36.9 Å². The first-order chi connectivity index (χ1) is 17.8. The monoisotopic (exact) mass is 516 g/mol. The average molecular weight is 517 g/mol. The maximum Gasteiger partial charge on any atom is 0.183 e. The van der Waals surface area contributed by atoms with Gasteiger partial charge in [-0.1, -0.05) is 62.4 Å². The molecule has 3 aromatic heterocycles. The van der Waals surface area contributed by atoms with Crippen LogP contribution in [0, 0.1) is 12.8 Å². The number of nitrogens with two attached hydrogens (primary N) is 1. The summed E-state index contributed by atoms with van der Waals surface area (Å²) in [5, 5.41) is 18.4. The third-order valence-corrected chi connectivity index (χ3v) is 8.32. The van der Waals surface area contributed by atoms with Crippen molar-refractivity contribution in [1.82, 2.24) is 29.5 Å². The van der Waals surface area contributed by atoms with E-state index in [-0.39, 0.29) is 10.8 Å². The molecule has 10 heteroatoms. The van der Waals surface area contributed by atoms with Crippen LogP contribution >= 0.6 is 11.6 Å². The highest BCUT2D eigenvalue weighted by Crippen LogP contribution is 2.52. The molecule has 1 aromatic carbocycles. The topological polar surface area (TPSA) is 127 Å². The number of nitrogens with zero attached hydrogens (tertiary/aromatic N) is 6. The second-order valence-electron chi connectivity index (χ2n) is 10.3. The maximum absolute atomic E-state index is 10.5. The lowest BCUT2D eigenvalue weighted by Gasteiger charge is -2.28. The van der Waals surface area contributed by atoms with Gasteiger partial charge in [0.05, 0.1) is 27.9 Å². The molecule has 1 fully saturated rings. The number of nitrogen functional groups attached to an aromatic ring is 1. The Hall–Kier alpha value is -3.72. The smallest absolute Gasteiger partial charge is 0.183 e. The van der Waals surface area contributed by atoms with E-state index in [0.29, 0.717) is 51.5 Å². The van der Waals surface area contributed by atoms with Crippen LogP contribution in [0.3, 0.4) is 0 Å². The molecule has 37 heavy (non-hydrogen) atoms. The first-order valence-electron chi connectivity index (χ1n) is 12.6. The standard InChI is InChI=1S/C27H29ClN8O/c1-14-9-10-17(21(28)22(14)37)27(3)15(2)32-25-20(27)23(29)34-24(35-25)19-12-36-26(30-13-31-36)18(33-19)11-16-7-5-4-6-8-16/h9-10,12-13,16,37H,2,4-8,11H2,1,3H3,(H3,29,32,34,35). The third kappa shape index (κ3) is 3.71. The fourth-order valence-electron chi connectivity index (χ4n) is 5.74. The number of allylic oxidation sites excluding steroid dienone is 1. The molecule has 0 bridgehead atoms. The van der Waals surface area contributed by atoms with Gasteiger partial charge in [-0.2, -0.15) is 5.10 Å². The Morgan fingerprint density at radius 3 is 2.78 bits per heavy atom. The summed E-state index contributed by atoms with van der Waals surface area (Å²) in [5.74, 6) is 1.85. The fraction of sp³-hybridized carbons (Fsp3) is 0.370. The maximum atomic E-state index is 10.5. The molecule has 1 saturated carbocycles. The minimum absolute atomic E-state index is 0.0357. The minimum Gasteiger partial charge on any atom is -0.506 e. The van der Waals surface area contributed by atoms with Gasteiger partial charge in [-0.05, 0) is 37.3 Å². The van der Waals surface area contributed by atoms with Gasteiger partial charge in [0.2, 0.25) is 0 Å². The molecule has 1 unspecified atom stereocenters. The van der Waals surface area contributed by atoms with Gasteiger partial charge in [-0.25, -0.2) is 24.5 Å². The SMILES string of the molecule is C=C1Nc2nc(-c3cn4ncnc4c(CC4CCCCC4)n3)nc(N)c2C1(C)c1ccc(C)c(O)c1Cl. The Morgan fingerprint density at radius 2 is 2.00 bits per heavy atom. The van der Waals surface area contributed by atoms with E-state index < -0.39 is 5.41 Å². The van der Waals surface area contributed by atoms with E-state index in [4.69, 9.17) is 27.3 Å². The molecule has 2 aliphatic rings. The molecule has 1 aliphatic carbocycles. The highest BCUT2D eigenvalue weighted by Gasteiger charge is 2.45. The first kappa shape index (κ1) is 23.7.